The first kappa shape index (κ1) is 18.1. The van der Waals surface area contributed by atoms with Crippen LogP contribution in [0, 0.1) is 13.8 Å². The summed E-state index contributed by atoms with van der Waals surface area (Å²) in [6, 6.07) is 8.22. The lowest BCUT2D eigenvalue weighted by Crippen LogP contribution is -2.35. The van der Waals surface area contributed by atoms with Gasteiger partial charge in [0.05, 0.1) is 18.6 Å². The van der Waals surface area contributed by atoms with Crippen molar-refractivity contribution in [2.24, 2.45) is 0 Å². The van der Waals surface area contributed by atoms with Crippen LogP contribution in [0.15, 0.2) is 34.9 Å². The van der Waals surface area contributed by atoms with Gasteiger partial charge < -0.3 is 14.6 Å². The van der Waals surface area contributed by atoms with E-state index in [0.29, 0.717) is 11.3 Å². The van der Waals surface area contributed by atoms with Crippen LogP contribution < -0.4 is 5.32 Å². The molecule has 2 aromatic rings. The predicted molar refractivity (Wildman–Crippen MR) is 91.5 cm³/mol. The van der Waals surface area contributed by atoms with Crippen molar-refractivity contribution in [1.29, 1.82) is 0 Å². The summed E-state index contributed by atoms with van der Waals surface area (Å²) in [7, 11) is 1.30. The van der Waals surface area contributed by atoms with Gasteiger partial charge in [-0.1, -0.05) is 35.5 Å². The van der Waals surface area contributed by atoms with Gasteiger partial charge in [0.2, 0.25) is 5.91 Å². The number of carbonyl (C=O) groups is 2. The second-order valence-electron chi connectivity index (χ2n) is 5.23. The molecule has 0 fully saturated rings. The van der Waals surface area contributed by atoms with Crippen molar-refractivity contribution < 1.29 is 18.8 Å². The molecule has 0 bridgehead atoms. The fourth-order valence-corrected chi connectivity index (χ4v) is 3.19. The molecule has 0 aliphatic carbocycles. The maximum absolute atomic E-state index is 12.2. The van der Waals surface area contributed by atoms with Crippen LogP contribution in [0.5, 0.6) is 0 Å². The molecule has 7 heteroatoms. The minimum Gasteiger partial charge on any atom is -0.467 e. The minimum atomic E-state index is -0.802. The first-order valence-electron chi connectivity index (χ1n) is 7.44. The van der Waals surface area contributed by atoms with Gasteiger partial charge in [-0.05, 0) is 19.4 Å². The Morgan fingerprint density at radius 3 is 2.58 bits per heavy atom. The molecule has 128 valence electrons. The standard InChI is InChI=1S/C17H20N2O4S/c1-11-14(12(2)23-19-11)9-24-10-15(20)18-16(17(21)22-3)13-7-5-4-6-8-13/h4-8,16H,9-10H2,1-3H3,(H,18,20)/t16-/m0/s1. The summed E-state index contributed by atoms with van der Waals surface area (Å²) in [6.45, 7) is 3.72. The van der Waals surface area contributed by atoms with Crippen LogP contribution in [0.2, 0.25) is 0 Å². The van der Waals surface area contributed by atoms with Gasteiger partial charge in [0.1, 0.15) is 5.76 Å². The van der Waals surface area contributed by atoms with Crippen molar-refractivity contribution in [3.05, 3.63) is 52.9 Å². The number of hydrogen-bond acceptors (Lipinski definition) is 6. The molecular formula is C17H20N2O4S. The van der Waals surface area contributed by atoms with Crippen molar-refractivity contribution in [3.8, 4) is 0 Å². The van der Waals surface area contributed by atoms with Gasteiger partial charge in [-0.2, -0.15) is 0 Å². The Hall–Kier alpha value is -2.28. The lowest BCUT2D eigenvalue weighted by atomic mass is 10.1. The van der Waals surface area contributed by atoms with E-state index < -0.39 is 12.0 Å². The molecule has 1 aromatic carbocycles. The number of rotatable bonds is 7. The smallest absolute Gasteiger partial charge is 0.333 e. The molecule has 0 saturated heterocycles. The summed E-state index contributed by atoms with van der Waals surface area (Å²) in [5.74, 6) is 0.890. The summed E-state index contributed by atoms with van der Waals surface area (Å²) >= 11 is 1.44. The molecule has 0 aliphatic rings. The Balaban J connectivity index is 1.92. The zero-order valence-electron chi connectivity index (χ0n) is 13.9. The van der Waals surface area contributed by atoms with Crippen molar-refractivity contribution in [2.45, 2.75) is 25.6 Å². The maximum atomic E-state index is 12.2. The normalized spacial score (nSPS) is 11.8. The van der Waals surface area contributed by atoms with Crippen LogP contribution in [0.1, 0.15) is 28.6 Å². The Bertz CT molecular complexity index is 680. The largest absolute Gasteiger partial charge is 0.467 e. The van der Waals surface area contributed by atoms with Crippen molar-refractivity contribution in [2.75, 3.05) is 12.9 Å². The average molecular weight is 348 g/mol. The third-order valence-electron chi connectivity index (χ3n) is 3.54. The van der Waals surface area contributed by atoms with Crippen LogP contribution in [0.25, 0.3) is 0 Å². The topological polar surface area (TPSA) is 81.4 Å². The molecule has 0 unspecified atom stereocenters. The molecule has 0 saturated carbocycles. The third kappa shape index (κ3) is 4.61. The number of carbonyl (C=O) groups excluding carboxylic acids is 2. The zero-order valence-corrected chi connectivity index (χ0v) is 14.7. The molecule has 1 atom stereocenters. The summed E-state index contributed by atoms with van der Waals surface area (Å²) in [4.78, 5) is 24.1. The van der Waals surface area contributed by atoms with Gasteiger partial charge in [-0.15, -0.1) is 11.8 Å². The molecule has 2 rings (SSSR count). The number of esters is 1. The highest BCUT2D eigenvalue weighted by molar-refractivity contribution is 7.99. The van der Waals surface area contributed by atoms with E-state index in [1.807, 2.05) is 32.0 Å². The van der Waals surface area contributed by atoms with E-state index in [4.69, 9.17) is 9.26 Å². The quantitative estimate of drug-likeness (QED) is 0.775. The van der Waals surface area contributed by atoms with E-state index in [1.165, 1.54) is 18.9 Å². The van der Waals surface area contributed by atoms with Crippen LogP contribution >= 0.6 is 11.8 Å². The molecule has 0 radical (unpaired) electrons. The fraction of sp³-hybridized carbons (Fsp3) is 0.353. The Kier molecular flexibility index (Phi) is 6.43. The molecular weight excluding hydrogens is 328 g/mol. The van der Waals surface area contributed by atoms with E-state index in [-0.39, 0.29) is 11.7 Å². The van der Waals surface area contributed by atoms with Crippen LogP contribution in [-0.2, 0) is 20.1 Å². The monoisotopic (exact) mass is 348 g/mol. The van der Waals surface area contributed by atoms with Crippen molar-refractivity contribution in [3.63, 3.8) is 0 Å². The summed E-state index contributed by atoms with van der Waals surface area (Å²) in [6.07, 6.45) is 0. The molecule has 1 heterocycles. The lowest BCUT2D eigenvalue weighted by Gasteiger charge is -2.16. The Morgan fingerprint density at radius 2 is 2.00 bits per heavy atom. The number of nitrogens with one attached hydrogen (secondary N) is 1. The zero-order chi connectivity index (χ0) is 17.5. The van der Waals surface area contributed by atoms with Crippen molar-refractivity contribution >= 4 is 23.6 Å². The predicted octanol–water partition coefficient (Wildman–Crippen LogP) is 2.56. The molecule has 1 amide bonds. The number of benzene rings is 1. The SMILES string of the molecule is COC(=O)[C@@H](NC(=O)CSCc1c(C)noc1C)c1ccccc1. The number of amides is 1. The van der Waals surface area contributed by atoms with Gasteiger partial charge in [0, 0.05) is 11.3 Å². The second-order valence-corrected chi connectivity index (χ2v) is 6.22. The lowest BCUT2D eigenvalue weighted by molar-refractivity contribution is -0.145. The minimum absolute atomic E-state index is 0.227. The van der Waals surface area contributed by atoms with Crippen LogP contribution in [-0.4, -0.2) is 29.9 Å². The number of aryl methyl sites for hydroxylation is 2. The molecule has 1 aromatic heterocycles. The van der Waals surface area contributed by atoms with E-state index in [1.54, 1.807) is 12.1 Å². The highest BCUT2D eigenvalue weighted by atomic mass is 32.2. The summed E-state index contributed by atoms with van der Waals surface area (Å²) < 4.78 is 9.88. The average Bonchev–Trinajstić information content (AvgIpc) is 2.91. The van der Waals surface area contributed by atoms with Gasteiger partial charge in [0.15, 0.2) is 6.04 Å². The molecule has 6 nitrogen and oxygen atoms in total. The number of methoxy groups -OCH3 is 1. The first-order valence-corrected chi connectivity index (χ1v) is 8.60. The van der Waals surface area contributed by atoms with Gasteiger partial charge in [-0.3, -0.25) is 4.79 Å². The highest BCUT2D eigenvalue weighted by Crippen LogP contribution is 2.20. The maximum Gasteiger partial charge on any atom is 0.333 e. The van der Waals surface area contributed by atoms with Gasteiger partial charge in [0.25, 0.3) is 0 Å². The number of thioether (sulfide) groups is 1. The van der Waals surface area contributed by atoms with E-state index >= 15 is 0 Å². The van der Waals surface area contributed by atoms with Crippen LogP contribution in [0.3, 0.4) is 0 Å². The number of hydrogen-bond donors (Lipinski definition) is 1. The van der Waals surface area contributed by atoms with E-state index in [0.717, 1.165) is 17.0 Å². The van der Waals surface area contributed by atoms with Crippen molar-refractivity contribution in [1.82, 2.24) is 10.5 Å². The van der Waals surface area contributed by atoms with Gasteiger partial charge >= 0.3 is 5.97 Å². The highest BCUT2D eigenvalue weighted by Gasteiger charge is 2.23. The fourth-order valence-electron chi connectivity index (χ4n) is 2.20. The first-order chi connectivity index (χ1) is 11.5. The second kappa shape index (κ2) is 8.54. The molecule has 0 aliphatic heterocycles. The Morgan fingerprint density at radius 1 is 1.29 bits per heavy atom. The molecule has 0 spiro atoms. The number of ether oxygens (including phenoxy) is 1. The van der Waals surface area contributed by atoms with E-state index in [2.05, 4.69) is 10.5 Å². The summed E-state index contributed by atoms with van der Waals surface area (Å²) in [5, 5.41) is 6.61. The number of aromatic nitrogens is 1. The molecule has 24 heavy (non-hydrogen) atoms. The van der Waals surface area contributed by atoms with Crippen LogP contribution in [0.4, 0.5) is 0 Å². The van der Waals surface area contributed by atoms with Gasteiger partial charge in [-0.25, -0.2) is 4.79 Å². The summed E-state index contributed by atoms with van der Waals surface area (Å²) in [5.41, 5.74) is 2.52. The number of nitrogens with zero attached hydrogens (tertiary/aromatic N) is 1. The third-order valence-corrected chi connectivity index (χ3v) is 4.50. The van der Waals surface area contributed by atoms with E-state index in [9.17, 15) is 9.59 Å². The Labute approximate surface area is 144 Å². The molecule has 1 N–H and O–H groups in total.